The smallest absolute Gasteiger partial charge is 0.253 e. The van der Waals surface area contributed by atoms with E-state index >= 15 is 0 Å². The van der Waals surface area contributed by atoms with E-state index in [1.807, 2.05) is 29.2 Å². The Morgan fingerprint density at radius 1 is 1.04 bits per heavy atom. The summed E-state index contributed by atoms with van der Waals surface area (Å²) in [5.74, 6) is 0.718. The topological polar surface area (TPSA) is 63.9 Å². The van der Waals surface area contributed by atoms with Crippen molar-refractivity contribution in [3.05, 3.63) is 77.6 Å². The van der Waals surface area contributed by atoms with Crippen molar-refractivity contribution in [1.82, 2.24) is 25.1 Å². The van der Waals surface area contributed by atoms with Crippen LogP contribution in [0.15, 0.2) is 60.9 Å². The van der Waals surface area contributed by atoms with Crippen LogP contribution in [0, 0.1) is 5.92 Å². The molecule has 1 atom stereocenters. The number of likely N-dealkylation sites (tertiary alicyclic amines) is 1. The zero-order valence-corrected chi connectivity index (χ0v) is 15.9. The maximum atomic E-state index is 12.9. The maximum Gasteiger partial charge on any atom is 0.253 e. The Balaban J connectivity index is 1.33. The highest BCUT2D eigenvalue weighted by Gasteiger charge is 2.24. The van der Waals surface area contributed by atoms with Crippen LogP contribution in [0.1, 0.15) is 40.7 Å². The van der Waals surface area contributed by atoms with Gasteiger partial charge in [-0.1, -0.05) is 42.5 Å². The highest BCUT2D eigenvalue weighted by Crippen LogP contribution is 2.23. The van der Waals surface area contributed by atoms with Crippen LogP contribution >= 0.6 is 0 Å². The first-order chi connectivity index (χ1) is 13.8. The molecule has 6 nitrogen and oxygen atoms in total. The van der Waals surface area contributed by atoms with Crippen LogP contribution in [-0.4, -0.2) is 44.1 Å². The average Bonchev–Trinajstić information content (AvgIpc) is 3.26. The van der Waals surface area contributed by atoms with Gasteiger partial charge in [-0.05, 0) is 65.3 Å². The van der Waals surface area contributed by atoms with Crippen molar-refractivity contribution < 1.29 is 4.79 Å². The third-order valence-electron chi connectivity index (χ3n) is 5.43. The number of benzene rings is 2. The molecular formula is C22H25N5O. The molecule has 28 heavy (non-hydrogen) atoms. The summed E-state index contributed by atoms with van der Waals surface area (Å²) in [6.45, 7) is 2.32. The molecule has 0 radical (unpaired) electrons. The Bertz CT molecular complexity index is 877. The summed E-state index contributed by atoms with van der Waals surface area (Å²) in [7, 11) is 0. The van der Waals surface area contributed by atoms with Crippen molar-refractivity contribution in [1.29, 1.82) is 0 Å². The minimum Gasteiger partial charge on any atom is -0.338 e. The van der Waals surface area contributed by atoms with Gasteiger partial charge in [-0.15, -0.1) is 5.10 Å². The van der Waals surface area contributed by atoms with E-state index in [1.165, 1.54) is 12.0 Å². The number of aryl methyl sites for hydroxylation is 1. The quantitative estimate of drug-likeness (QED) is 0.664. The lowest BCUT2D eigenvalue weighted by Gasteiger charge is -2.33. The maximum absolute atomic E-state index is 12.9. The number of carbonyl (C=O) groups is 1. The van der Waals surface area contributed by atoms with Gasteiger partial charge in [0.2, 0.25) is 0 Å². The minimum atomic E-state index is 0.137. The largest absolute Gasteiger partial charge is 0.338 e. The number of aromatic nitrogens is 4. The molecule has 0 bridgehead atoms. The van der Waals surface area contributed by atoms with Crippen molar-refractivity contribution in [3.8, 4) is 0 Å². The normalized spacial score (nSPS) is 16.9. The van der Waals surface area contributed by atoms with Crippen molar-refractivity contribution in [2.45, 2.75) is 32.2 Å². The molecule has 1 fully saturated rings. The molecule has 0 N–H and O–H groups in total. The molecule has 0 unspecified atom stereocenters. The molecule has 4 rings (SSSR count). The number of tetrazole rings is 1. The van der Waals surface area contributed by atoms with Crippen LogP contribution in [0.3, 0.4) is 0 Å². The number of amides is 1. The van der Waals surface area contributed by atoms with Gasteiger partial charge in [-0.25, -0.2) is 4.68 Å². The van der Waals surface area contributed by atoms with E-state index in [9.17, 15) is 4.79 Å². The summed E-state index contributed by atoms with van der Waals surface area (Å²) in [4.78, 5) is 15.0. The molecule has 0 spiro atoms. The van der Waals surface area contributed by atoms with Gasteiger partial charge in [-0.2, -0.15) is 0 Å². The van der Waals surface area contributed by atoms with Crippen LogP contribution < -0.4 is 0 Å². The molecule has 2 heterocycles. The van der Waals surface area contributed by atoms with E-state index in [-0.39, 0.29) is 5.91 Å². The van der Waals surface area contributed by atoms with E-state index in [0.29, 0.717) is 12.5 Å². The lowest BCUT2D eigenvalue weighted by atomic mass is 9.91. The lowest BCUT2D eigenvalue weighted by Crippen LogP contribution is -2.40. The van der Waals surface area contributed by atoms with E-state index in [2.05, 4.69) is 45.9 Å². The van der Waals surface area contributed by atoms with E-state index < -0.39 is 0 Å². The van der Waals surface area contributed by atoms with Crippen LogP contribution in [0.2, 0.25) is 0 Å². The minimum absolute atomic E-state index is 0.137. The molecule has 0 aliphatic carbocycles. The van der Waals surface area contributed by atoms with Crippen LogP contribution in [0.4, 0.5) is 0 Å². The van der Waals surface area contributed by atoms with Gasteiger partial charge in [0, 0.05) is 18.7 Å². The summed E-state index contributed by atoms with van der Waals surface area (Å²) in [6, 6.07) is 18.4. The van der Waals surface area contributed by atoms with Crippen LogP contribution in [-0.2, 0) is 13.0 Å². The predicted molar refractivity (Wildman–Crippen MR) is 107 cm³/mol. The number of rotatable bonds is 6. The lowest BCUT2D eigenvalue weighted by molar-refractivity contribution is 0.0668. The Kier molecular flexibility index (Phi) is 5.75. The Morgan fingerprint density at radius 3 is 2.61 bits per heavy atom. The van der Waals surface area contributed by atoms with Crippen molar-refractivity contribution >= 4 is 5.91 Å². The van der Waals surface area contributed by atoms with E-state index in [0.717, 1.165) is 43.5 Å². The van der Waals surface area contributed by atoms with Gasteiger partial charge in [0.15, 0.2) is 0 Å². The van der Waals surface area contributed by atoms with Gasteiger partial charge >= 0.3 is 0 Å². The van der Waals surface area contributed by atoms with Gasteiger partial charge in [0.25, 0.3) is 5.91 Å². The van der Waals surface area contributed by atoms with E-state index in [4.69, 9.17) is 0 Å². The summed E-state index contributed by atoms with van der Waals surface area (Å²) < 4.78 is 1.67. The number of nitrogens with zero attached hydrogens (tertiary/aromatic N) is 5. The third-order valence-corrected chi connectivity index (χ3v) is 5.43. The number of hydrogen-bond acceptors (Lipinski definition) is 4. The van der Waals surface area contributed by atoms with Crippen molar-refractivity contribution in [3.63, 3.8) is 0 Å². The fourth-order valence-corrected chi connectivity index (χ4v) is 3.88. The highest BCUT2D eigenvalue weighted by molar-refractivity contribution is 5.94. The monoisotopic (exact) mass is 375 g/mol. The zero-order chi connectivity index (χ0) is 19.2. The zero-order valence-electron chi connectivity index (χ0n) is 15.9. The van der Waals surface area contributed by atoms with Gasteiger partial charge < -0.3 is 4.90 Å². The predicted octanol–water partition coefficient (Wildman–Crippen LogP) is 3.21. The number of piperidine rings is 1. The molecule has 0 saturated carbocycles. The molecule has 144 valence electrons. The first-order valence-electron chi connectivity index (χ1n) is 9.91. The van der Waals surface area contributed by atoms with Gasteiger partial charge in [0.1, 0.15) is 6.33 Å². The SMILES string of the molecule is O=C(c1ccc(Cn2cnnn2)cc1)N1CCC[C@@H](CCc2ccccc2)C1. The Hall–Kier alpha value is -3.02. The van der Waals surface area contributed by atoms with Crippen LogP contribution in [0.5, 0.6) is 0 Å². The first kappa shape index (κ1) is 18.3. The van der Waals surface area contributed by atoms with Gasteiger partial charge in [-0.3, -0.25) is 4.79 Å². The number of hydrogen-bond donors (Lipinski definition) is 0. The molecular weight excluding hydrogens is 350 g/mol. The molecule has 2 aromatic carbocycles. The second kappa shape index (κ2) is 8.78. The first-order valence-corrected chi connectivity index (χ1v) is 9.91. The molecule has 3 aromatic rings. The number of carbonyl (C=O) groups excluding carboxylic acids is 1. The second-order valence-electron chi connectivity index (χ2n) is 7.49. The third kappa shape index (κ3) is 4.63. The molecule has 1 aliphatic heterocycles. The Morgan fingerprint density at radius 2 is 1.86 bits per heavy atom. The van der Waals surface area contributed by atoms with Crippen LogP contribution in [0.25, 0.3) is 0 Å². The van der Waals surface area contributed by atoms with Gasteiger partial charge in [0.05, 0.1) is 6.54 Å². The highest BCUT2D eigenvalue weighted by atomic mass is 16.2. The summed E-state index contributed by atoms with van der Waals surface area (Å²) in [5, 5.41) is 11.1. The van der Waals surface area contributed by atoms with Crippen molar-refractivity contribution in [2.75, 3.05) is 13.1 Å². The molecule has 1 aliphatic rings. The summed E-state index contributed by atoms with van der Waals surface area (Å²) in [5.41, 5.74) is 3.21. The van der Waals surface area contributed by atoms with Crippen molar-refractivity contribution in [2.24, 2.45) is 5.92 Å². The Labute approximate surface area is 165 Å². The fraction of sp³-hybridized carbons (Fsp3) is 0.364. The average molecular weight is 375 g/mol. The second-order valence-corrected chi connectivity index (χ2v) is 7.49. The standard InChI is InChI=1S/C22H25N5O/c28-22(21-12-10-20(11-13-21)16-27-17-23-24-25-27)26-14-4-7-19(15-26)9-8-18-5-2-1-3-6-18/h1-3,5-6,10-13,17,19H,4,7-9,14-16H2/t19-/m0/s1. The molecule has 1 amide bonds. The summed E-state index contributed by atoms with van der Waals surface area (Å²) >= 11 is 0. The molecule has 1 saturated heterocycles. The van der Waals surface area contributed by atoms with E-state index in [1.54, 1.807) is 11.0 Å². The molecule has 6 heteroatoms. The molecule has 1 aromatic heterocycles. The summed E-state index contributed by atoms with van der Waals surface area (Å²) in [6.07, 6.45) is 6.10. The fourth-order valence-electron chi connectivity index (χ4n) is 3.88.